The SMILES string of the molecule is Cc1ccccc1-n1c(SCC(=O)N(C(C)C)C(C)C)nnc1-c1ccccc1Cl. The van der Waals surface area contributed by atoms with Gasteiger partial charge in [-0.1, -0.05) is 53.7 Å². The van der Waals surface area contributed by atoms with Crippen LogP contribution in [0.5, 0.6) is 0 Å². The molecule has 0 radical (unpaired) electrons. The van der Waals surface area contributed by atoms with E-state index in [2.05, 4.69) is 10.2 Å². The van der Waals surface area contributed by atoms with Crippen molar-refractivity contribution in [3.05, 3.63) is 59.1 Å². The number of halogens is 1. The quantitative estimate of drug-likeness (QED) is 0.444. The number of nitrogens with zero attached hydrogens (tertiary/aromatic N) is 4. The first-order valence-electron chi connectivity index (χ1n) is 10.0. The highest BCUT2D eigenvalue weighted by molar-refractivity contribution is 7.99. The third kappa shape index (κ3) is 4.71. The topological polar surface area (TPSA) is 51.0 Å². The molecule has 1 amide bonds. The van der Waals surface area contributed by atoms with Crippen LogP contribution in [0.15, 0.2) is 53.7 Å². The van der Waals surface area contributed by atoms with Crippen molar-refractivity contribution >= 4 is 29.3 Å². The number of rotatable bonds is 7. The van der Waals surface area contributed by atoms with Gasteiger partial charge in [-0.2, -0.15) is 0 Å². The number of hydrogen-bond donors (Lipinski definition) is 0. The van der Waals surface area contributed by atoms with Crippen LogP contribution in [0, 0.1) is 6.92 Å². The van der Waals surface area contributed by atoms with Crippen molar-refractivity contribution in [2.75, 3.05) is 5.75 Å². The lowest BCUT2D eigenvalue weighted by Gasteiger charge is -2.30. The Hall–Kier alpha value is -2.31. The van der Waals surface area contributed by atoms with Gasteiger partial charge in [0, 0.05) is 17.6 Å². The molecule has 30 heavy (non-hydrogen) atoms. The maximum Gasteiger partial charge on any atom is 0.233 e. The summed E-state index contributed by atoms with van der Waals surface area (Å²) in [6, 6.07) is 15.9. The van der Waals surface area contributed by atoms with Crippen LogP contribution >= 0.6 is 23.4 Å². The summed E-state index contributed by atoms with van der Waals surface area (Å²) < 4.78 is 1.99. The summed E-state index contributed by atoms with van der Waals surface area (Å²) in [6.07, 6.45) is 0. The highest BCUT2D eigenvalue weighted by Crippen LogP contribution is 2.33. The summed E-state index contributed by atoms with van der Waals surface area (Å²) in [7, 11) is 0. The average molecular weight is 443 g/mol. The zero-order valence-electron chi connectivity index (χ0n) is 18.0. The molecule has 0 aliphatic heterocycles. The van der Waals surface area contributed by atoms with Gasteiger partial charge in [-0.15, -0.1) is 10.2 Å². The van der Waals surface area contributed by atoms with Crippen molar-refractivity contribution in [3.63, 3.8) is 0 Å². The highest BCUT2D eigenvalue weighted by atomic mass is 35.5. The molecule has 7 heteroatoms. The fraction of sp³-hybridized carbons (Fsp3) is 0.348. The zero-order valence-corrected chi connectivity index (χ0v) is 19.5. The van der Waals surface area contributed by atoms with Gasteiger partial charge in [0.1, 0.15) is 0 Å². The Balaban J connectivity index is 2.01. The third-order valence-electron chi connectivity index (χ3n) is 4.83. The summed E-state index contributed by atoms with van der Waals surface area (Å²) in [5.41, 5.74) is 2.86. The summed E-state index contributed by atoms with van der Waals surface area (Å²) in [6.45, 7) is 10.2. The van der Waals surface area contributed by atoms with Crippen LogP contribution in [0.3, 0.4) is 0 Å². The number of thioether (sulfide) groups is 1. The van der Waals surface area contributed by atoms with E-state index in [1.807, 2.05) is 92.6 Å². The molecular formula is C23H27ClN4OS. The predicted octanol–water partition coefficient (Wildman–Crippen LogP) is 5.63. The Bertz CT molecular complexity index is 1020. The number of amides is 1. The Morgan fingerprint density at radius 2 is 1.67 bits per heavy atom. The van der Waals surface area contributed by atoms with Crippen molar-refractivity contribution in [1.82, 2.24) is 19.7 Å². The maximum absolute atomic E-state index is 12.9. The molecule has 0 fully saturated rings. The number of carbonyl (C=O) groups is 1. The summed E-state index contributed by atoms with van der Waals surface area (Å²) in [4.78, 5) is 14.8. The van der Waals surface area contributed by atoms with E-state index in [4.69, 9.17) is 11.6 Å². The van der Waals surface area contributed by atoms with E-state index < -0.39 is 0 Å². The number of carbonyl (C=O) groups excluding carboxylic acids is 1. The van der Waals surface area contributed by atoms with Crippen molar-refractivity contribution in [2.45, 2.75) is 51.9 Å². The number of benzene rings is 2. The van der Waals surface area contributed by atoms with Gasteiger partial charge in [0.15, 0.2) is 11.0 Å². The molecule has 2 aromatic carbocycles. The lowest BCUT2D eigenvalue weighted by Crippen LogP contribution is -2.43. The van der Waals surface area contributed by atoms with Crippen LogP contribution < -0.4 is 0 Å². The molecule has 0 spiro atoms. The lowest BCUT2D eigenvalue weighted by atomic mass is 10.1. The summed E-state index contributed by atoms with van der Waals surface area (Å²) in [5.74, 6) is 1.04. The Kier molecular flexibility index (Phi) is 7.21. The second kappa shape index (κ2) is 9.67. The maximum atomic E-state index is 12.9. The van der Waals surface area contributed by atoms with Crippen LogP contribution in [-0.4, -0.2) is 43.4 Å². The number of hydrogen-bond acceptors (Lipinski definition) is 4. The minimum absolute atomic E-state index is 0.0867. The van der Waals surface area contributed by atoms with Crippen LogP contribution in [-0.2, 0) is 4.79 Å². The normalized spacial score (nSPS) is 11.3. The number of para-hydroxylation sites is 1. The molecule has 5 nitrogen and oxygen atoms in total. The predicted molar refractivity (Wildman–Crippen MR) is 124 cm³/mol. The molecule has 158 valence electrons. The molecule has 0 aliphatic rings. The van der Waals surface area contributed by atoms with E-state index in [1.165, 1.54) is 11.8 Å². The number of aryl methyl sites for hydroxylation is 1. The molecule has 0 atom stereocenters. The molecule has 3 rings (SSSR count). The van der Waals surface area contributed by atoms with Gasteiger partial charge >= 0.3 is 0 Å². The van der Waals surface area contributed by atoms with Crippen LogP contribution in [0.2, 0.25) is 5.02 Å². The molecule has 0 saturated carbocycles. The largest absolute Gasteiger partial charge is 0.337 e. The monoisotopic (exact) mass is 442 g/mol. The van der Waals surface area contributed by atoms with Crippen molar-refractivity contribution in [1.29, 1.82) is 0 Å². The molecule has 0 aliphatic carbocycles. The first-order chi connectivity index (χ1) is 14.3. The molecular weight excluding hydrogens is 416 g/mol. The highest BCUT2D eigenvalue weighted by Gasteiger charge is 2.23. The minimum Gasteiger partial charge on any atom is -0.337 e. The molecule has 0 unspecified atom stereocenters. The standard InChI is InChI=1S/C23H27ClN4OS/c1-15(2)27(16(3)4)21(29)14-30-23-26-25-22(18-11-7-8-12-19(18)24)28(23)20-13-9-6-10-17(20)5/h6-13,15-16H,14H2,1-5H3. The van der Waals surface area contributed by atoms with Gasteiger partial charge in [0.25, 0.3) is 0 Å². The van der Waals surface area contributed by atoms with Crippen molar-refractivity contribution < 1.29 is 4.79 Å². The van der Waals surface area contributed by atoms with Gasteiger partial charge < -0.3 is 4.90 Å². The van der Waals surface area contributed by atoms with Gasteiger partial charge in [0.05, 0.1) is 16.5 Å². The van der Waals surface area contributed by atoms with E-state index in [9.17, 15) is 4.79 Å². The Morgan fingerprint density at radius 3 is 2.30 bits per heavy atom. The molecule has 0 N–H and O–H groups in total. The van der Waals surface area contributed by atoms with E-state index in [-0.39, 0.29) is 18.0 Å². The molecule has 3 aromatic rings. The Labute approximate surface area is 187 Å². The molecule has 0 bridgehead atoms. The van der Waals surface area contributed by atoms with Gasteiger partial charge in [-0.25, -0.2) is 0 Å². The molecule has 0 saturated heterocycles. The van der Waals surface area contributed by atoms with Crippen LogP contribution in [0.4, 0.5) is 0 Å². The smallest absolute Gasteiger partial charge is 0.233 e. The minimum atomic E-state index is 0.0867. The number of aromatic nitrogens is 3. The lowest BCUT2D eigenvalue weighted by molar-refractivity contribution is -0.131. The van der Waals surface area contributed by atoms with Gasteiger partial charge in [0.2, 0.25) is 5.91 Å². The zero-order chi connectivity index (χ0) is 21.8. The molecule has 1 heterocycles. The van der Waals surface area contributed by atoms with E-state index >= 15 is 0 Å². The summed E-state index contributed by atoms with van der Waals surface area (Å²) in [5, 5.41) is 10.1. The van der Waals surface area contributed by atoms with Crippen LogP contribution in [0.1, 0.15) is 33.3 Å². The van der Waals surface area contributed by atoms with E-state index in [0.717, 1.165) is 16.8 Å². The fourth-order valence-electron chi connectivity index (χ4n) is 3.58. The van der Waals surface area contributed by atoms with Crippen LogP contribution in [0.25, 0.3) is 17.1 Å². The first kappa shape index (κ1) is 22.4. The van der Waals surface area contributed by atoms with Gasteiger partial charge in [-0.3, -0.25) is 9.36 Å². The van der Waals surface area contributed by atoms with Gasteiger partial charge in [-0.05, 0) is 58.4 Å². The summed E-state index contributed by atoms with van der Waals surface area (Å²) >= 11 is 7.86. The molecule has 1 aromatic heterocycles. The van der Waals surface area contributed by atoms with E-state index in [0.29, 0.717) is 21.8 Å². The second-order valence-electron chi connectivity index (χ2n) is 7.69. The fourth-order valence-corrected chi connectivity index (χ4v) is 4.62. The van der Waals surface area contributed by atoms with E-state index in [1.54, 1.807) is 0 Å². The third-order valence-corrected chi connectivity index (χ3v) is 6.07. The van der Waals surface area contributed by atoms with Crippen molar-refractivity contribution in [2.24, 2.45) is 0 Å². The Morgan fingerprint density at radius 1 is 1.03 bits per heavy atom. The average Bonchev–Trinajstić information content (AvgIpc) is 3.10. The van der Waals surface area contributed by atoms with Crippen molar-refractivity contribution in [3.8, 4) is 17.1 Å². The first-order valence-corrected chi connectivity index (χ1v) is 11.4. The second-order valence-corrected chi connectivity index (χ2v) is 9.03.